The highest BCUT2D eigenvalue weighted by Gasteiger charge is 2.35. The van der Waals surface area contributed by atoms with Gasteiger partial charge in [-0.1, -0.05) is 23.4 Å². The standard InChI is InChI=1S/C18H12BrClF3NO3S/c1-8(25)14-16(26)11-6-9(20)2-4-12(19)15(11)24-17(14)28-7-10-3-5-13(27-10)18(21,22)23/h2-6,11,26H,7H2,1H3. The molecule has 10 heteroatoms. The van der Waals surface area contributed by atoms with Crippen molar-refractivity contribution in [2.24, 2.45) is 10.9 Å². The third-order valence-electron chi connectivity index (χ3n) is 3.88. The lowest BCUT2D eigenvalue weighted by Crippen LogP contribution is -2.21. The molecule has 1 atom stereocenters. The number of Topliss-reactive ketones (excluding diaryl/α,β-unsaturated/α-hetero) is 1. The normalized spacial score (nSPS) is 20.0. The minimum absolute atomic E-state index is 0.000966. The van der Waals surface area contributed by atoms with E-state index in [1.807, 2.05) is 0 Å². The van der Waals surface area contributed by atoms with E-state index < -0.39 is 23.6 Å². The Hall–Kier alpha value is -1.71. The lowest BCUT2D eigenvalue weighted by atomic mass is 9.95. The van der Waals surface area contributed by atoms with Crippen molar-refractivity contribution < 1.29 is 27.5 Å². The summed E-state index contributed by atoms with van der Waals surface area (Å²) in [7, 11) is 0. The molecule has 4 nitrogen and oxygen atoms in total. The molecule has 1 aromatic rings. The summed E-state index contributed by atoms with van der Waals surface area (Å²) in [6.45, 7) is 1.28. The summed E-state index contributed by atoms with van der Waals surface area (Å²) in [6, 6.07) is 2.06. The molecule has 0 amide bonds. The fraction of sp³-hybridized carbons (Fsp3) is 0.222. The van der Waals surface area contributed by atoms with Crippen LogP contribution in [0.4, 0.5) is 13.2 Å². The molecule has 0 aromatic carbocycles. The van der Waals surface area contributed by atoms with Crippen LogP contribution >= 0.6 is 39.3 Å². The fourth-order valence-electron chi connectivity index (χ4n) is 2.62. The Morgan fingerprint density at radius 2 is 2.11 bits per heavy atom. The Bertz CT molecular complexity index is 988. The van der Waals surface area contributed by atoms with Gasteiger partial charge in [0.1, 0.15) is 16.6 Å². The average molecular weight is 495 g/mol. The van der Waals surface area contributed by atoms with E-state index >= 15 is 0 Å². The molecule has 0 radical (unpaired) electrons. The number of halogens is 5. The number of hydrogen-bond donors (Lipinski definition) is 1. The minimum Gasteiger partial charge on any atom is -0.510 e. The van der Waals surface area contributed by atoms with Crippen molar-refractivity contribution in [2.45, 2.75) is 18.9 Å². The van der Waals surface area contributed by atoms with Crippen LogP contribution in [0.3, 0.4) is 0 Å². The number of carbonyl (C=O) groups is 1. The maximum atomic E-state index is 12.7. The van der Waals surface area contributed by atoms with E-state index in [0.717, 1.165) is 17.8 Å². The van der Waals surface area contributed by atoms with E-state index in [1.165, 1.54) is 13.0 Å². The zero-order chi connectivity index (χ0) is 20.6. The topological polar surface area (TPSA) is 62.8 Å². The predicted molar refractivity (Wildman–Crippen MR) is 105 cm³/mol. The first-order valence-corrected chi connectivity index (χ1v) is 10.0. The van der Waals surface area contributed by atoms with Crippen LogP contribution < -0.4 is 0 Å². The Labute approximate surface area is 175 Å². The number of dihydropyridines is 1. The Balaban J connectivity index is 1.94. The number of ketones is 1. The van der Waals surface area contributed by atoms with E-state index in [0.29, 0.717) is 15.2 Å². The van der Waals surface area contributed by atoms with Crippen LogP contribution in [-0.2, 0) is 16.7 Å². The Morgan fingerprint density at radius 1 is 1.39 bits per heavy atom. The molecule has 2 aliphatic rings. The molecule has 1 N–H and O–H groups in total. The van der Waals surface area contributed by atoms with Gasteiger partial charge in [-0.15, -0.1) is 0 Å². The van der Waals surface area contributed by atoms with E-state index in [4.69, 9.17) is 16.0 Å². The molecule has 2 heterocycles. The number of carbonyl (C=O) groups excluding carboxylic acids is 1. The highest BCUT2D eigenvalue weighted by Crippen LogP contribution is 2.40. The van der Waals surface area contributed by atoms with Crippen LogP contribution in [0.1, 0.15) is 18.4 Å². The summed E-state index contributed by atoms with van der Waals surface area (Å²) < 4.78 is 43.4. The van der Waals surface area contributed by atoms with E-state index in [2.05, 4.69) is 20.9 Å². The molecule has 1 aliphatic heterocycles. The maximum absolute atomic E-state index is 12.7. The van der Waals surface area contributed by atoms with Crippen LogP contribution in [0.25, 0.3) is 0 Å². The number of aliphatic hydroxyl groups excluding tert-OH is 1. The molecule has 0 spiro atoms. The molecular formula is C18H12BrClF3NO3S. The summed E-state index contributed by atoms with van der Waals surface area (Å²) in [5.74, 6) is -2.37. The highest BCUT2D eigenvalue weighted by atomic mass is 79.9. The van der Waals surface area contributed by atoms with Gasteiger partial charge in [-0.3, -0.25) is 4.79 Å². The predicted octanol–water partition coefficient (Wildman–Crippen LogP) is 6.26. The zero-order valence-electron chi connectivity index (χ0n) is 14.2. The quantitative estimate of drug-likeness (QED) is 0.539. The largest absolute Gasteiger partial charge is 0.510 e. The monoisotopic (exact) mass is 493 g/mol. The number of rotatable bonds is 3. The number of allylic oxidation sites excluding steroid dienone is 4. The second-order valence-electron chi connectivity index (χ2n) is 5.88. The van der Waals surface area contributed by atoms with Crippen molar-refractivity contribution in [3.63, 3.8) is 0 Å². The summed E-state index contributed by atoms with van der Waals surface area (Å²) in [4.78, 5) is 16.6. The van der Waals surface area contributed by atoms with Crippen molar-refractivity contribution in [2.75, 3.05) is 0 Å². The maximum Gasteiger partial charge on any atom is 0.449 e. The zero-order valence-corrected chi connectivity index (χ0v) is 17.3. The number of aliphatic hydroxyl groups is 1. The second-order valence-corrected chi connectivity index (χ2v) is 8.14. The molecule has 1 aliphatic carbocycles. The van der Waals surface area contributed by atoms with Crippen molar-refractivity contribution in [3.05, 3.63) is 68.4 Å². The third kappa shape index (κ3) is 4.31. The number of fused-ring (bicyclic) bond motifs is 1. The van der Waals surface area contributed by atoms with Gasteiger partial charge in [0.05, 0.1) is 22.9 Å². The van der Waals surface area contributed by atoms with Crippen LogP contribution in [0.2, 0.25) is 0 Å². The van der Waals surface area contributed by atoms with Crippen molar-refractivity contribution in [1.29, 1.82) is 0 Å². The van der Waals surface area contributed by atoms with Gasteiger partial charge in [0, 0.05) is 9.51 Å². The first-order valence-electron chi connectivity index (χ1n) is 7.85. The van der Waals surface area contributed by atoms with Gasteiger partial charge in [0.2, 0.25) is 5.76 Å². The molecule has 0 fully saturated rings. The number of thioether (sulfide) groups is 1. The van der Waals surface area contributed by atoms with Gasteiger partial charge in [-0.05, 0) is 53.2 Å². The molecule has 148 valence electrons. The number of hydrogen-bond acceptors (Lipinski definition) is 5. The summed E-state index contributed by atoms with van der Waals surface area (Å²) in [6.07, 6.45) is 0.262. The summed E-state index contributed by atoms with van der Waals surface area (Å²) in [5, 5.41) is 11.2. The number of nitrogens with zero attached hydrogens (tertiary/aromatic N) is 1. The number of furan rings is 1. The summed E-state index contributed by atoms with van der Waals surface area (Å²) >= 11 is 10.4. The van der Waals surface area contributed by atoms with E-state index in [9.17, 15) is 23.1 Å². The van der Waals surface area contributed by atoms with Gasteiger partial charge in [-0.25, -0.2) is 4.99 Å². The van der Waals surface area contributed by atoms with Gasteiger partial charge in [0.15, 0.2) is 5.78 Å². The Morgan fingerprint density at radius 3 is 2.71 bits per heavy atom. The Kier molecular flexibility index (Phi) is 5.97. The average Bonchev–Trinajstić information content (AvgIpc) is 3.03. The van der Waals surface area contributed by atoms with Gasteiger partial charge in [-0.2, -0.15) is 13.2 Å². The van der Waals surface area contributed by atoms with Gasteiger partial charge in [0.25, 0.3) is 0 Å². The molecule has 28 heavy (non-hydrogen) atoms. The molecule has 1 aromatic heterocycles. The SMILES string of the molecule is CC(=O)C1=C(O)C2C=C(Cl)C=CC(Br)=C2N=C1SCc1ccc(C(F)(F)F)o1. The molecule has 0 saturated heterocycles. The molecule has 0 bridgehead atoms. The second kappa shape index (κ2) is 7.96. The van der Waals surface area contributed by atoms with Gasteiger partial charge >= 0.3 is 6.18 Å². The lowest BCUT2D eigenvalue weighted by molar-refractivity contribution is -0.153. The lowest BCUT2D eigenvalue weighted by Gasteiger charge is -2.23. The molecule has 1 unspecified atom stereocenters. The smallest absolute Gasteiger partial charge is 0.449 e. The molecule has 0 saturated carbocycles. The number of aliphatic imine (C=N–C) groups is 1. The van der Waals surface area contributed by atoms with Crippen LogP contribution in [0, 0.1) is 5.92 Å². The van der Waals surface area contributed by atoms with Gasteiger partial charge < -0.3 is 9.52 Å². The van der Waals surface area contributed by atoms with Crippen molar-refractivity contribution in [3.8, 4) is 0 Å². The first kappa shape index (κ1) is 21.0. The first-order chi connectivity index (χ1) is 13.1. The van der Waals surface area contributed by atoms with Crippen LogP contribution in [-0.4, -0.2) is 15.9 Å². The van der Waals surface area contributed by atoms with E-state index in [1.54, 1.807) is 18.2 Å². The molecule has 3 rings (SSSR count). The molecular weight excluding hydrogens is 483 g/mol. The number of alkyl halides is 3. The van der Waals surface area contributed by atoms with E-state index in [-0.39, 0.29) is 27.9 Å². The van der Waals surface area contributed by atoms with Crippen LogP contribution in [0.5, 0.6) is 0 Å². The third-order valence-corrected chi connectivity index (χ3v) is 5.81. The van der Waals surface area contributed by atoms with Crippen LogP contribution in [0.15, 0.2) is 66.3 Å². The fourth-order valence-corrected chi connectivity index (χ4v) is 4.27. The summed E-state index contributed by atoms with van der Waals surface area (Å²) in [5.41, 5.74) is 0.441. The minimum atomic E-state index is -4.57. The highest BCUT2D eigenvalue weighted by molar-refractivity contribution is 9.11. The van der Waals surface area contributed by atoms with Crippen molar-refractivity contribution >= 4 is 50.1 Å². The van der Waals surface area contributed by atoms with Crippen molar-refractivity contribution in [1.82, 2.24) is 0 Å².